The third-order valence-electron chi connectivity index (χ3n) is 3.17. The molecule has 9 heteroatoms. The monoisotopic (exact) mass is 333 g/mol. The van der Waals surface area contributed by atoms with Crippen molar-refractivity contribution in [1.82, 2.24) is 14.6 Å². The van der Waals surface area contributed by atoms with Crippen LogP contribution in [0.4, 0.5) is 0 Å². The lowest BCUT2D eigenvalue weighted by atomic mass is 10.3. The topological polar surface area (TPSA) is 88.6 Å². The van der Waals surface area contributed by atoms with Gasteiger partial charge in [-0.05, 0) is 13.8 Å². The highest BCUT2D eigenvalue weighted by molar-refractivity contribution is 7.88. The number of aromatic nitrogens is 1. The molecule has 1 atom stereocenters. The fourth-order valence-corrected chi connectivity index (χ4v) is 3.83. The van der Waals surface area contributed by atoms with Crippen molar-refractivity contribution in [2.24, 2.45) is 0 Å². The van der Waals surface area contributed by atoms with E-state index in [2.05, 4.69) is 10.3 Å². The molecule has 7 nitrogen and oxygen atoms in total. The Kier molecular flexibility index (Phi) is 4.97. The molecule has 0 aromatic carbocycles. The second kappa shape index (κ2) is 6.39. The molecule has 21 heavy (non-hydrogen) atoms. The van der Waals surface area contributed by atoms with Crippen LogP contribution in [0.25, 0.3) is 0 Å². The molecule has 2 heterocycles. The third kappa shape index (κ3) is 4.22. The van der Waals surface area contributed by atoms with Gasteiger partial charge in [0.1, 0.15) is 4.88 Å². The van der Waals surface area contributed by atoms with Crippen molar-refractivity contribution >= 4 is 27.3 Å². The molecule has 0 aliphatic carbocycles. The number of nitrogens with zero attached hydrogens (tertiary/aromatic N) is 2. The summed E-state index contributed by atoms with van der Waals surface area (Å²) < 4.78 is 29.9. The first kappa shape index (κ1) is 16.3. The summed E-state index contributed by atoms with van der Waals surface area (Å²) in [7, 11) is -3.22. The van der Waals surface area contributed by atoms with E-state index < -0.39 is 10.0 Å². The van der Waals surface area contributed by atoms with Crippen molar-refractivity contribution in [2.75, 3.05) is 32.5 Å². The molecule has 1 aromatic heterocycles. The van der Waals surface area contributed by atoms with E-state index in [1.54, 1.807) is 6.92 Å². The number of hydrogen-bond acceptors (Lipinski definition) is 6. The molecule has 0 radical (unpaired) electrons. The van der Waals surface area contributed by atoms with E-state index >= 15 is 0 Å². The van der Waals surface area contributed by atoms with Crippen LogP contribution < -0.4 is 5.32 Å². The minimum absolute atomic E-state index is 0.196. The van der Waals surface area contributed by atoms with Crippen LogP contribution in [-0.2, 0) is 14.8 Å². The van der Waals surface area contributed by atoms with Crippen molar-refractivity contribution in [1.29, 1.82) is 0 Å². The summed E-state index contributed by atoms with van der Waals surface area (Å²) in [4.78, 5) is 16.9. The molecule has 0 saturated carbocycles. The number of rotatable bonds is 4. The van der Waals surface area contributed by atoms with Gasteiger partial charge in [-0.2, -0.15) is 4.31 Å². The molecular weight excluding hydrogens is 314 g/mol. The molecule has 1 aromatic rings. The highest BCUT2D eigenvalue weighted by atomic mass is 32.2. The van der Waals surface area contributed by atoms with Crippen LogP contribution in [0.2, 0.25) is 0 Å². The molecular formula is C12H19N3O4S2. The number of ether oxygens (including phenoxy) is 1. The third-order valence-corrected chi connectivity index (χ3v) is 5.51. The number of carbonyl (C=O) groups is 1. The van der Waals surface area contributed by atoms with Gasteiger partial charge in [-0.15, -0.1) is 11.3 Å². The van der Waals surface area contributed by atoms with Crippen molar-refractivity contribution in [2.45, 2.75) is 20.0 Å². The number of aryl methyl sites for hydroxylation is 2. The molecule has 0 spiro atoms. The smallest absolute Gasteiger partial charge is 0.263 e. The van der Waals surface area contributed by atoms with Crippen LogP contribution in [-0.4, -0.2) is 62.2 Å². The predicted molar refractivity (Wildman–Crippen MR) is 80.1 cm³/mol. The summed E-state index contributed by atoms with van der Waals surface area (Å²) in [5.74, 6) is -0.196. The van der Waals surface area contributed by atoms with Gasteiger partial charge in [-0.3, -0.25) is 4.79 Å². The van der Waals surface area contributed by atoms with Crippen LogP contribution in [0.5, 0.6) is 0 Å². The largest absolute Gasteiger partial charge is 0.374 e. The Bertz CT molecular complexity index is 626. The van der Waals surface area contributed by atoms with Gasteiger partial charge in [0.25, 0.3) is 5.91 Å². The van der Waals surface area contributed by atoms with E-state index in [4.69, 9.17) is 4.74 Å². The van der Waals surface area contributed by atoms with E-state index in [0.29, 0.717) is 23.7 Å². The first-order valence-electron chi connectivity index (χ1n) is 6.56. The van der Waals surface area contributed by atoms with Crippen LogP contribution in [0.1, 0.15) is 20.4 Å². The van der Waals surface area contributed by atoms with Crippen LogP contribution in [0, 0.1) is 13.8 Å². The highest BCUT2D eigenvalue weighted by Crippen LogP contribution is 2.17. The van der Waals surface area contributed by atoms with E-state index in [-0.39, 0.29) is 25.1 Å². The van der Waals surface area contributed by atoms with Crippen molar-refractivity contribution in [3.8, 4) is 0 Å². The summed E-state index contributed by atoms with van der Waals surface area (Å²) >= 11 is 1.34. The Morgan fingerprint density at radius 3 is 2.81 bits per heavy atom. The van der Waals surface area contributed by atoms with Gasteiger partial charge in [0.2, 0.25) is 10.0 Å². The Morgan fingerprint density at radius 2 is 2.24 bits per heavy atom. The molecule has 1 N–H and O–H groups in total. The van der Waals surface area contributed by atoms with Crippen molar-refractivity contribution in [3.05, 3.63) is 15.6 Å². The van der Waals surface area contributed by atoms with Crippen LogP contribution in [0.3, 0.4) is 0 Å². The highest BCUT2D eigenvalue weighted by Gasteiger charge is 2.27. The number of morpholine rings is 1. The van der Waals surface area contributed by atoms with E-state index in [1.807, 2.05) is 6.92 Å². The van der Waals surface area contributed by atoms with E-state index in [0.717, 1.165) is 5.01 Å². The zero-order valence-electron chi connectivity index (χ0n) is 12.2. The summed E-state index contributed by atoms with van der Waals surface area (Å²) in [5, 5.41) is 3.62. The predicted octanol–water partition coefficient (Wildman–Crippen LogP) is 0.150. The Morgan fingerprint density at radius 1 is 1.52 bits per heavy atom. The molecule has 1 unspecified atom stereocenters. The first-order valence-corrected chi connectivity index (χ1v) is 9.23. The normalized spacial score (nSPS) is 20.4. The number of amides is 1. The molecule has 1 aliphatic heterocycles. The van der Waals surface area contributed by atoms with Gasteiger partial charge in [0.05, 0.1) is 29.7 Å². The molecule has 118 valence electrons. The number of nitrogens with one attached hydrogen (secondary N) is 1. The molecule has 1 aliphatic rings. The summed E-state index contributed by atoms with van der Waals surface area (Å²) in [6, 6.07) is 0. The number of carbonyl (C=O) groups excluding carboxylic acids is 1. The molecule has 1 saturated heterocycles. The SMILES string of the molecule is Cc1nc(C)c(C(=O)NCC2CN(S(C)(=O)=O)CCO2)s1. The van der Waals surface area contributed by atoms with Crippen molar-refractivity contribution in [3.63, 3.8) is 0 Å². The molecule has 0 bridgehead atoms. The van der Waals surface area contributed by atoms with Gasteiger partial charge < -0.3 is 10.1 Å². The number of sulfonamides is 1. The van der Waals surface area contributed by atoms with Crippen molar-refractivity contribution < 1.29 is 17.9 Å². The van der Waals surface area contributed by atoms with E-state index in [1.165, 1.54) is 21.9 Å². The van der Waals surface area contributed by atoms with Gasteiger partial charge in [0, 0.05) is 19.6 Å². The van der Waals surface area contributed by atoms with Gasteiger partial charge in [0.15, 0.2) is 0 Å². The maximum atomic E-state index is 12.1. The quantitative estimate of drug-likeness (QED) is 0.847. The fourth-order valence-electron chi connectivity index (χ4n) is 2.15. The lowest BCUT2D eigenvalue weighted by molar-refractivity contribution is 0.000455. The Labute approximate surface area is 128 Å². The fraction of sp³-hybridized carbons (Fsp3) is 0.667. The maximum absolute atomic E-state index is 12.1. The lowest BCUT2D eigenvalue weighted by Crippen LogP contribution is -2.49. The average molecular weight is 333 g/mol. The number of hydrogen-bond donors (Lipinski definition) is 1. The molecule has 2 rings (SSSR count). The zero-order valence-corrected chi connectivity index (χ0v) is 13.9. The first-order chi connectivity index (χ1) is 9.77. The minimum Gasteiger partial charge on any atom is -0.374 e. The molecule has 1 fully saturated rings. The number of thiazole rings is 1. The van der Waals surface area contributed by atoms with Gasteiger partial charge in [-0.25, -0.2) is 13.4 Å². The Balaban J connectivity index is 1.91. The minimum atomic E-state index is -3.22. The van der Waals surface area contributed by atoms with E-state index in [9.17, 15) is 13.2 Å². The molecule has 1 amide bonds. The standard InChI is InChI=1S/C12H19N3O4S2/c1-8-11(20-9(2)14-8)12(16)13-6-10-7-15(4-5-19-10)21(3,17)18/h10H,4-7H2,1-3H3,(H,13,16). The second-order valence-electron chi connectivity index (χ2n) is 4.97. The lowest BCUT2D eigenvalue weighted by Gasteiger charge is -2.31. The maximum Gasteiger partial charge on any atom is 0.263 e. The summed E-state index contributed by atoms with van der Waals surface area (Å²) in [5.41, 5.74) is 0.706. The summed E-state index contributed by atoms with van der Waals surface area (Å²) in [6.07, 6.45) is 0.851. The zero-order chi connectivity index (χ0) is 15.6. The Hall–Kier alpha value is -1.03. The van der Waals surface area contributed by atoms with Crippen LogP contribution >= 0.6 is 11.3 Å². The van der Waals surface area contributed by atoms with Gasteiger partial charge in [-0.1, -0.05) is 0 Å². The summed E-state index contributed by atoms with van der Waals surface area (Å²) in [6.45, 7) is 4.88. The van der Waals surface area contributed by atoms with Crippen LogP contribution in [0.15, 0.2) is 0 Å². The van der Waals surface area contributed by atoms with Gasteiger partial charge >= 0.3 is 0 Å². The average Bonchev–Trinajstić information content (AvgIpc) is 2.74. The second-order valence-corrected chi connectivity index (χ2v) is 8.16.